The molecule has 0 saturated heterocycles. The van der Waals surface area contributed by atoms with Crippen LogP contribution in [0.25, 0.3) is 0 Å². The maximum absolute atomic E-state index is 13.9. The highest BCUT2D eigenvalue weighted by molar-refractivity contribution is 7.99. The minimum atomic E-state index is -0.337. The average Bonchev–Trinajstić information content (AvgIpc) is 2.49. The summed E-state index contributed by atoms with van der Waals surface area (Å²) in [6.07, 6.45) is 0. The Morgan fingerprint density at radius 2 is 1.85 bits per heavy atom. The van der Waals surface area contributed by atoms with Crippen molar-refractivity contribution < 1.29 is 19.0 Å². The molecule has 2 aromatic carbocycles. The molecule has 0 aromatic heterocycles. The second-order valence-corrected chi connectivity index (χ2v) is 5.45. The lowest BCUT2D eigenvalue weighted by atomic mass is 10.2. The van der Waals surface area contributed by atoms with Crippen molar-refractivity contribution >= 4 is 11.8 Å². The van der Waals surface area contributed by atoms with E-state index in [0.29, 0.717) is 29.4 Å². The number of aliphatic hydroxyl groups is 1. The van der Waals surface area contributed by atoms with Gasteiger partial charge in [0.05, 0.1) is 6.61 Å². The van der Waals surface area contributed by atoms with Crippen molar-refractivity contribution in [2.75, 3.05) is 13.2 Å². The van der Waals surface area contributed by atoms with Gasteiger partial charge in [-0.25, -0.2) is 4.39 Å². The van der Waals surface area contributed by atoms with Gasteiger partial charge < -0.3 is 14.6 Å². The van der Waals surface area contributed by atoms with Crippen molar-refractivity contribution in [1.29, 1.82) is 0 Å². The number of hydrogen-bond acceptors (Lipinski definition) is 4. The maximum Gasteiger partial charge on any atom is 0.162 e. The number of halogens is 1. The number of ether oxygens (including phenoxy) is 2. The first-order valence-corrected chi connectivity index (χ1v) is 7.05. The van der Waals surface area contributed by atoms with E-state index in [4.69, 9.17) is 14.6 Å². The van der Waals surface area contributed by atoms with Gasteiger partial charge in [0.2, 0.25) is 0 Å². The molecular formula is C15H13FO3S. The van der Waals surface area contributed by atoms with Crippen molar-refractivity contribution in [2.24, 2.45) is 0 Å². The quantitative estimate of drug-likeness (QED) is 0.942. The van der Waals surface area contributed by atoms with Crippen LogP contribution in [0.3, 0.4) is 0 Å². The van der Waals surface area contributed by atoms with Crippen molar-refractivity contribution in [3.05, 3.63) is 47.8 Å². The van der Waals surface area contributed by atoms with Gasteiger partial charge in [-0.2, -0.15) is 0 Å². The van der Waals surface area contributed by atoms with Crippen LogP contribution in [0, 0.1) is 5.82 Å². The Labute approximate surface area is 120 Å². The summed E-state index contributed by atoms with van der Waals surface area (Å²) in [4.78, 5) is 1.39. The monoisotopic (exact) mass is 292 g/mol. The van der Waals surface area contributed by atoms with Gasteiger partial charge in [-0.1, -0.05) is 17.8 Å². The third-order valence-corrected chi connectivity index (χ3v) is 3.96. The second-order valence-electron chi connectivity index (χ2n) is 4.33. The summed E-state index contributed by atoms with van der Waals surface area (Å²) in [7, 11) is 0. The van der Waals surface area contributed by atoms with Gasteiger partial charge in [-0.15, -0.1) is 0 Å². The molecule has 1 aliphatic heterocycles. The molecule has 0 amide bonds. The summed E-state index contributed by atoms with van der Waals surface area (Å²) in [5.74, 6) is 1.07. The van der Waals surface area contributed by atoms with E-state index in [1.807, 2.05) is 18.2 Å². The summed E-state index contributed by atoms with van der Waals surface area (Å²) in [5.41, 5.74) is 0.564. The Morgan fingerprint density at radius 3 is 2.60 bits per heavy atom. The Kier molecular flexibility index (Phi) is 3.80. The molecule has 0 radical (unpaired) electrons. The summed E-state index contributed by atoms with van der Waals surface area (Å²) < 4.78 is 24.8. The Morgan fingerprint density at radius 1 is 1.05 bits per heavy atom. The SMILES string of the molecule is OCc1ccc(Sc2ccc3c(c2)OCCO3)c(F)c1. The number of rotatable bonds is 3. The van der Waals surface area contributed by atoms with Crippen LogP contribution >= 0.6 is 11.8 Å². The zero-order chi connectivity index (χ0) is 13.9. The lowest BCUT2D eigenvalue weighted by Gasteiger charge is -2.18. The fourth-order valence-electron chi connectivity index (χ4n) is 1.94. The first kappa shape index (κ1) is 13.3. The smallest absolute Gasteiger partial charge is 0.162 e. The van der Waals surface area contributed by atoms with E-state index in [1.54, 1.807) is 12.1 Å². The molecule has 0 saturated carbocycles. The third-order valence-electron chi connectivity index (χ3n) is 2.92. The molecule has 0 spiro atoms. The van der Waals surface area contributed by atoms with Crippen LogP contribution in [0.1, 0.15) is 5.56 Å². The average molecular weight is 292 g/mol. The molecule has 0 aliphatic carbocycles. The first-order chi connectivity index (χ1) is 9.76. The lowest BCUT2D eigenvalue weighted by molar-refractivity contribution is 0.171. The van der Waals surface area contributed by atoms with Gasteiger partial charge in [0.25, 0.3) is 0 Å². The molecule has 1 heterocycles. The van der Waals surface area contributed by atoms with Crippen LogP contribution in [-0.2, 0) is 6.61 Å². The van der Waals surface area contributed by atoms with Gasteiger partial charge in [0, 0.05) is 9.79 Å². The Balaban J connectivity index is 1.84. The van der Waals surface area contributed by atoms with E-state index < -0.39 is 0 Å². The Hall–Kier alpha value is -1.72. The predicted molar refractivity (Wildman–Crippen MR) is 73.9 cm³/mol. The minimum absolute atomic E-state index is 0.161. The van der Waals surface area contributed by atoms with E-state index in [0.717, 1.165) is 10.6 Å². The Bertz CT molecular complexity index is 631. The van der Waals surface area contributed by atoms with Crippen molar-refractivity contribution in [3.63, 3.8) is 0 Å². The summed E-state index contributed by atoms with van der Waals surface area (Å²) >= 11 is 1.31. The highest BCUT2D eigenvalue weighted by atomic mass is 32.2. The minimum Gasteiger partial charge on any atom is -0.486 e. The van der Waals surface area contributed by atoms with Crippen LogP contribution in [0.15, 0.2) is 46.2 Å². The van der Waals surface area contributed by atoms with E-state index >= 15 is 0 Å². The normalized spacial score (nSPS) is 13.3. The summed E-state index contributed by atoms with van der Waals surface area (Å²) in [5, 5.41) is 8.97. The molecule has 1 N–H and O–H groups in total. The van der Waals surface area contributed by atoms with Gasteiger partial charge in [-0.05, 0) is 35.9 Å². The highest BCUT2D eigenvalue weighted by Crippen LogP contribution is 2.37. The molecule has 2 aromatic rings. The first-order valence-electron chi connectivity index (χ1n) is 6.23. The standard InChI is InChI=1S/C15H13FO3S/c16-12-7-10(9-17)1-4-15(12)20-11-2-3-13-14(8-11)19-6-5-18-13/h1-4,7-8,17H,5-6,9H2. The van der Waals surface area contributed by atoms with Gasteiger partial charge in [-0.3, -0.25) is 0 Å². The molecular weight excluding hydrogens is 279 g/mol. The zero-order valence-electron chi connectivity index (χ0n) is 10.6. The molecule has 0 bridgehead atoms. The van der Waals surface area contributed by atoms with Gasteiger partial charge >= 0.3 is 0 Å². The van der Waals surface area contributed by atoms with E-state index in [9.17, 15) is 4.39 Å². The zero-order valence-corrected chi connectivity index (χ0v) is 11.5. The number of fused-ring (bicyclic) bond motifs is 1. The molecule has 5 heteroatoms. The molecule has 1 aliphatic rings. The lowest BCUT2D eigenvalue weighted by Crippen LogP contribution is -2.15. The van der Waals surface area contributed by atoms with E-state index in [2.05, 4.69) is 0 Å². The molecule has 104 valence electrons. The fourth-order valence-corrected chi connectivity index (χ4v) is 2.79. The number of hydrogen-bond donors (Lipinski definition) is 1. The van der Waals surface area contributed by atoms with Gasteiger partial charge in [0.1, 0.15) is 19.0 Å². The maximum atomic E-state index is 13.9. The largest absolute Gasteiger partial charge is 0.486 e. The van der Waals surface area contributed by atoms with Crippen LogP contribution in [0.4, 0.5) is 4.39 Å². The van der Waals surface area contributed by atoms with Crippen LogP contribution in [-0.4, -0.2) is 18.3 Å². The second kappa shape index (κ2) is 5.73. The van der Waals surface area contributed by atoms with Crippen molar-refractivity contribution in [1.82, 2.24) is 0 Å². The number of aliphatic hydroxyl groups excluding tert-OH is 1. The predicted octanol–water partition coefficient (Wildman–Crippen LogP) is 3.24. The van der Waals surface area contributed by atoms with Gasteiger partial charge in [0.15, 0.2) is 11.5 Å². The molecule has 20 heavy (non-hydrogen) atoms. The van der Waals surface area contributed by atoms with Crippen LogP contribution in [0.5, 0.6) is 11.5 Å². The summed E-state index contributed by atoms with van der Waals surface area (Å²) in [6.45, 7) is 0.920. The molecule has 3 rings (SSSR count). The van der Waals surface area contributed by atoms with Crippen molar-refractivity contribution in [3.8, 4) is 11.5 Å². The number of benzene rings is 2. The highest BCUT2D eigenvalue weighted by Gasteiger charge is 2.13. The topological polar surface area (TPSA) is 38.7 Å². The molecule has 0 atom stereocenters. The third kappa shape index (κ3) is 2.73. The van der Waals surface area contributed by atoms with E-state index in [-0.39, 0.29) is 12.4 Å². The van der Waals surface area contributed by atoms with Crippen LogP contribution < -0.4 is 9.47 Å². The van der Waals surface area contributed by atoms with Crippen molar-refractivity contribution in [2.45, 2.75) is 16.4 Å². The van der Waals surface area contributed by atoms with E-state index in [1.165, 1.54) is 17.8 Å². The molecule has 3 nitrogen and oxygen atoms in total. The molecule has 0 unspecified atom stereocenters. The summed E-state index contributed by atoms with van der Waals surface area (Å²) in [6, 6.07) is 10.3. The molecule has 0 fully saturated rings. The van der Waals surface area contributed by atoms with Crippen LogP contribution in [0.2, 0.25) is 0 Å². The fraction of sp³-hybridized carbons (Fsp3) is 0.200.